The molecule has 0 amide bonds. The summed E-state index contributed by atoms with van der Waals surface area (Å²) in [5, 5.41) is 21.8. The average Bonchev–Trinajstić information content (AvgIpc) is 2.89. The van der Waals surface area contributed by atoms with E-state index in [4.69, 9.17) is 5.11 Å². The van der Waals surface area contributed by atoms with Gasteiger partial charge < -0.3 is 9.67 Å². The van der Waals surface area contributed by atoms with E-state index in [1.54, 1.807) is 4.57 Å². The molecule has 7 nitrogen and oxygen atoms in total. The molecule has 0 fully saturated rings. The number of aryl methyl sites for hydroxylation is 2. The van der Waals surface area contributed by atoms with Crippen molar-refractivity contribution in [3.05, 3.63) is 11.8 Å². The zero-order valence-electron chi connectivity index (χ0n) is 11.0. The molecular formula is C11H15N5O2S. The second kappa shape index (κ2) is 5.43. The van der Waals surface area contributed by atoms with Gasteiger partial charge in [-0.15, -0.1) is 10.2 Å². The molecule has 2 rings (SSSR count). The minimum Gasteiger partial charge on any atom is -0.481 e. The van der Waals surface area contributed by atoms with Crippen molar-refractivity contribution in [2.24, 2.45) is 7.05 Å². The van der Waals surface area contributed by atoms with Crippen LogP contribution in [0.3, 0.4) is 0 Å². The maximum atomic E-state index is 10.6. The van der Waals surface area contributed by atoms with Crippen LogP contribution in [-0.4, -0.2) is 41.4 Å². The van der Waals surface area contributed by atoms with E-state index in [-0.39, 0.29) is 5.75 Å². The van der Waals surface area contributed by atoms with E-state index in [9.17, 15) is 4.79 Å². The summed E-state index contributed by atoms with van der Waals surface area (Å²) in [6, 6.07) is 1.94. The highest BCUT2D eigenvalue weighted by Gasteiger charge is 2.16. The normalized spacial score (nSPS) is 10.9. The highest BCUT2D eigenvalue weighted by atomic mass is 32.2. The summed E-state index contributed by atoms with van der Waals surface area (Å²) in [6.45, 7) is 4.67. The Labute approximate surface area is 114 Å². The largest absolute Gasteiger partial charge is 0.481 e. The van der Waals surface area contributed by atoms with Crippen LogP contribution < -0.4 is 0 Å². The molecule has 0 saturated heterocycles. The van der Waals surface area contributed by atoms with Crippen molar-refractivity contribution in [3.8, 4) is 11.5 Å². The van der Waals surface area contributed by atoms with Gasteiger partial charge in [0, 0.05) is 13.6 Å². The first-order chi connectivity index (χ1) is 9.02. The van der Waals surface area contributed by atoms with Gasteiger partial charge in [-0.3, -0.25) is 9.48 Å². The fourth-order valence-electron chi connectivity index (χ4n) is 1.76. The van der Waals surface area contributed by atoms with Crippen LogP contribution in [0, 0.1) is 6.92 Å². The predicted octanol–water partition coefficient (Wildman–Crippen LogP) is 1.18. The summed E-state index contributed by atoms with van der Waals surface area (Å²) in [7, 11) is 1.82. The third-order valence-corrected chi connectivity index (χ3v) is 3.60. The van der Waals surface area contributed by atoms with Gasteiger partial charge in [-0.25, -0.2) is 0 Å². The maximum Gasteiger partial charge on any atom is 0.313 e. The van der Waals surface area contributed by atoms with Gasteiger partial charge in [-0.2, -0.15) is 5.10 Å². The lowest BCUT2D eigenvalue weighted by Gasteiger charge is -2.04. The Bertz CT molecular complexity index is 604. The van der Waals surface area contributed by atoms with Gasteiger partial charge >= 0.3 is 5.97 Å². The van der Waals surface area contributed by atoms with Crippen molar-refractivity contribution in [3.63, 3.8) is 0 Å². The zero-order valence-corrected chi connectivity index (χ0v) is 11.8. The molecule has 0 aliphatic rings. The van der Waals surface area contributed by atoms with Crippen molar-refractivity contribution in [1.82, 2.24) is 24.5 Å². The van der Waals surface area contributed by atoms with E-state index in [1.165, 1.54) is 0 Å². The molecule has 0 aliphatic carbocycles. The van der Waals surface area contributed by atoms with Gasteiger partial charge in [0.1, 0.15) is 5.69 Å². The van der Waals surface area contributed by atoms with Crippen molar-refractivity contribution < 1.29 is 9.90 Å². The summed E-state index contributed by atoms with van der Waals surface area (Å²) in [5.41, 5.74) is 1.80. The molecule has 2 aromatic rings. The van der Waals surface area contributed by atoms with Crippen molar-refractivity contribution >= 4 is 17.7 Å². The first-order valence-electron chi connectivity index (χ1n) is 5.81. The minimum absolute atomic E-state index is 0.0297. The Morgan fingerprint density at radius 2 is 2.21 bits per heavy atom. The molecule has 8 heteroatoms. The van der Waals surface area contributed by atoms with Crippen LogP contribution in [0.15, 0.2) is 11.2 Å². The summed E-state index contributed by atoms with van der Waals surface area (Å²) in [5.74, 6) is -0.211. The molecule has 102 valence electrons. The highest BCUT2D eigenvalue weighted by Crippen LogP contribution is 2.23. The minimum atomic E-state index is -0.871. The number of carboxylic acids is 1. The number of carbonyl (C=O) groups is 1. The Kier molecular flexibility index (Phi) is 3.89. The molecule has 0 aromatic carbocycles. The van der Waals surface area contributed by atoms with Crippen LogP contribution in [-0.2, 0) is 18.4 Å². The summed E-state index contributed by atoms with van der Waals surface area (Å²) >= 11 is 1.15. The highest BCUT2D eigenvalue weighted by molar-refractivity contribution is 7.99. The van der Waals surface area contributed by atoms with Gasteiger partial charge in [0.25, 0.3) is 0 Å². The third-order valence-electron chi connectivity index (χ3n) is 2.59. The predicted molar refractivity (Wildman–Crippen MR) is 71.0 cm³/mol. The smallest absolute Gasteiger partial charge is 0.313 e. The Morgan fingerprint density at radius 1 is 1.47 bits per heavy atom. The van der Waals surface area contributed by atoms with Crippen LogP contribution in [0.1, 0.15) is 12.6 Å². The Morgan fingerprint density at radius 3 is 2.84 bits per heavy atom. The first kappa shape index (κ1) is 13.6. The molecule has 1 N–H and O–H groups in total. The Balaban J connectivity index is 2.33. The number of carboxylic acid groups (broad SMARTS) is 1. The fourth-order valence-corrected chi connectivity index (χ4v) is 2.39. The van der Waals surface area contributed by atoms with Gasteiger partial charge in [-0.05, 0) is 19.9 Å². The molecule has 2 aromatic heterocycles. The molecule has 0 unspecified atom stereocenters. The molecule has 19 heavy (non-hydrogen) atoms. The first-order valence-corrected chi connectivity index (χ1v) is 6.80. The topological polar surface area (TPSA) is 85.8 Å². The summed E-state index contributed by atoms with van der Waals surface area (Å²) < 4.78 is 3.64. The number of rotatable bonds is 5. The molecule has 0 bridgehead atoms. The van der Waals surface area contributed by atoms with E-state index in [0.717, 1.165) is 29.7 Å². The summed E-state index contributed by atoms with van der Waals surface area (Å²) in [6.07, 6.45) is 0. The monoisotopic (exact) mass is 281 g/mol. The van der Waals surface area contributed by atoms with Crippen molar-refractivity contribution in [2.75, 3.05) is 5.75 Å². The molecule has 0 atom stereocenters. The van der Waals surface area contributed by atoms with Crippen LogP contribution in [0.4, 0.5) is 0 Å². The molecule has 0 saturated carbocycles. The standard InChI is InChI=1S/C11H15N5O2S/c1-4-16-8(5-7(2)14-16)10-12-13-11(15(10)3)19-6-9(17)18/h5H,4,6H2,1-3H3,(H,17,18). The van der Waals surface area contributed by atoms with Gasteiger partial charge in [0.05, 0.1) is 11.4 Å². The summed E-state index contributed by atoms with van der Waals surface area (Å²) in [4.78, 5) is 10.6. The van der Waals surface area contributed by atoms with Crippen LogP contribution in [0.25, 0.3) is 11.5 Å². The second-order valence-electron chi connectivity index (χ2n) is 4.03. The van der Waals surface area contributed by atoms with Gasteiger partial charge in [0.2, 0.25) is 0 Å². The third kappa shape index (κ3) is 2.78. The average molecular weight is 281 g/mol. The quantitative estimate of drug-likeness (QED) is 0.828. The number of aliphatic carboxylic acids is 1. The van der Waals surface area contributed by atoms with E-state index in [1.807, 2.05) is 31.6 Å². The lowest BCUT2D eigenvalue weighted by Crippen LogP contribution is -2.04. The number of thioether (sulfide) groups is 1. The SMILES string of the molecule is CCn1nc(C)cc1-c1nnc(SCC(=O)O)n1C. The molecule has 2 heterocycles. The lowest BCUT2D eigenvalue weighted by molar-refractivity contribution is -0.133. The van der Waals surface area contributed by atoms with E-state index < -0.39 is 5.97 Å². The molecular weight excluding hydrogens is 266 g/mol. The maximum absolute atomic E-state index is 10.6. The second-order valence-corrected chi connectivity index (χ2v) is 4.98. The lowest BCUT2D eigenvalue weighted by atomic mass is 10.3. The van der Waals surface area contributed by atoms with Gasteiger partial charge in [-0.1, -0.05) is 11.8 Å². The number of nitrogens with zero attached hydrogens (tertiary/aromatic N) is 5. The van der Waals surface area contributed by atoms with Crippen LogP contribution >= 0.6 is 11.8 Å². The van der Waals surface area contributed by atoms with E-state index in [2.05, 4.69) is 15.3 Å². The fraction of sp³-hybridized carbons (Fsp3) is 0.455. The molecule has 0 aliphatic heterocycles. The number of aromatic nitrogens is 5. The molecule has 0 spiro atoms. The number of hydrogen-bond donors (Lipinski definition) is 1. The number of hydrogen-bond acceptors (Lipinski definition) is 5. The van der Waals surface area contributed by atoms with Crippen LogP contribution in [0.5, 0.6) is 0 Å². The van der Waals surface area contributed by atoms with Crippen molar-refractivity contribution in [2.45, 2.75) is 25.5 Å². The van der Waals surface area contributed by atoms with E-state index in [0.29, 0.717) is 11.0 Å². The van der Waals surface area contributed by atoms with E-state index >= 15 is 0 Å². The zero-order chi connectivity index (χ0) is 14.0. The Hall–Kier alpha value is -1.83. The van der Waals surface area contributed by atoms with Crippen molar-refractivity contribution in [1.29, 1.82) is 0 Å². The van der Waals surface area contributed by atoms with Crippen LogP contribution in [0.2, 0.25) is 0 Å². The molecule has 0 radical (unpaired) electrons. The van der Waals surface area contributed by atoms with Gasteiger partial charge in [0.15, 0.2) is 11.0 Å².